The maximum absolute atomic E-state index is 3.86. The lowest BCUT2D eigenvalue weighted by Crippen LogP contribution is -2.28. The Morgan fingerprint density at radius 1 is 0.442 bits per heavy atom. The van der Waals surface area contributed by atoms with Crippen LogP contribution in [0.4, 0.5) is 11.4 Å². The molecule has 0 atom stereocenters. The van der Waals surface area contributed by atoms with Crippen LogP contribution in [0.2, 0.25) is 0 Å². The van der Waals surface area contributed by atoms with Crippen molar-refractivity contribution >= 4 is 53.7 Å². The van der Waals surface area contributed by atoms with Crippen LogP contribution in [0.1, 0.15) is 22.3 Å². The maximum atomic E-state index is 3.86. The second-order valence-corrected chi connectivity index (χ2v) is 12.4. The Balaban J connectivity index is 1.26. The van der Waals surface area contributed by atoms with Gasteiger partial charge in [0.05, 0.1) is 15.8 Å². The van der Waals surface area contributed by atoms with E-state index in [9.17, 15) is 0 Å². The molecule has 0 fully saturated rings. The lowest BCUT2D eigenvalue weighted by atomic mass is 9.67. The number of thiophene rings is 1. The molecular weight excluding hydrogens is 539 g/mol. The van der Waals surface area contributed by atoms with E-state index in [0.29, 0.717) is 0 Å². The topological polar surface area (TPSA) is 12.0 Å². The van der Waals surface area contributed by atoms with Gasteiger partial charge in [-0.1, -0.05) is 140 Å². The largest absolute Gasteiger partial charge is 0.354 e. The number of benzene rings is 7. The second kappa shape index (κ2) is 9.42. The van der Waals surface area contributed by atoms with Gasteiger partial charge in [0, 0.05) is 21.2 Å². The number of anilines is 2. The molecule has 0 aliphatic heterocycles. The molecule has 0 spiro atoms. The fraction of sp³-hybridized carbons (Fsp3) is 0.0244. The van der Waals surface area contributed by atoms with Gasteiger partial charge in [-0.2, -0.15) is 0 Å². The van der Waals surface area contributed by atoms with E-state index in [1.54, 1.807) is 0 Å². The van der Waals surface area contributed by atoms with Crippen LogP contribution >= 0.6 is 11.3 Å². The Labute approximate surface area is 254 Å². The molecular formula is C41H27NS. The zero-order valence-electron chi connectivity index (χ0n) is 23.4. The summed E-state index contributed by atoms with van der Waals surface area (Å²) in [6.07, 6.45) is 0. The van der Waals surface area contributed by atoms with Gasteiger partial charge < -0.3 is 5.32 Å². The molecule has 0 radical (unpaired) electrons. The van der Waals surface area contributed by atoms with Crippen LogP contribution in [0.5, 0.6) is 0 Å². The summed E-state index contributed by atoms with van der Waals surface area (Å²) in [5.41, 5.74) is 9.63. The molecule has 43 heavy (non-hydrogen) atoms. The van der Waals surface area contributed by atoms with Crippen molar-refractivity contribution in [1.82, 2.24) is 0 Å². The Morgan fingerprint density at radius 3 is 1.91 bits per heavy atom. The SMILES string of the molecule is c1ccc(C2(c3ccccc3)c3ccccc3-c3ccc(Nc4cccc5c4sc4c6ccccc6ccc54)cc32)cc1. The van der Waals surface area contributed by atoms with Crippen molar-refractivity contribution in [3.8, 4) is 11.1 Å². The van der Waals surface area contributed by atoms with Crippen molar-refractivity contribution in [3.05, 3.63) is 180 Å². The lowest BCUT2D eigenvalue weighted by Gasteiger charge is -2.34. The van der Waals surface area contributed by atoms with Crippen molar-refractivity contribution in [2.45, 2.75) is 5.41 Å². The molecule has 9 rings (SSSR count). The van der Waals surface area contributed by atoms with Crippen molar-refractivity contribution in [3.63, 3.8) is 0 Å². The number of fused-ring (bicyclic) bond motifs is 8. The molecule has 0 bridgehead atoms. The summed E-state index contributed by atoms with van der Waals surface area (Å²) in [4.78, 5) is 0. The van der Waals surface area contributed by atoms with E-state index in [4.69, 9.17) is 0 Å². The van der Waals surface area contributed by atoms with Crippen LogP contribution < -0.4 is 5.32 Å². The summed E-state index contributed by atoms with van der Waals surface area (Å²) < 4.78 is 2.63. The van der Waals surface area contributed by atoms with Gasteiger partial charge in [-0.15, -0.1) is 11.3 Å². The summed E-state index contributed by atoms with van der Waals surface area (Å²) in [6.45, 7) is 0. The molecule has 202 valence electrons. The summed E-state index contributed by atoms with van der Waals surface area (Å²) in [7, 11) is 0. The van der Waals surface area contributed by atoms with E-state index in [1.165, 1.54) is 64.3 Å². The second-order valence-electron chi connectivity index (χ2n) is 11.4. The third-order valence-corrected chi connectivity index (χ3v) is 10.4. The monoisotopic (exact) mass is 565 g/mol. The molecule has 0 saturated heterocycles. The van der Waals surface area contributed by atoms with Gasteiger partial charge in [0.2, 0.25) is 0 Å². The van der Waals surface area contributed by atoms with E-state index in [1.807, 2.05) is 11.3 Å². The highest BCUT2D eigenvalue weighted by Gasteiger charge is 2.46. The lowest BCUT2D eigenvalue weighted by molar-refractivity contribution is 0.769. The van der Waals surface area contributed by atoms with Crippen LogP contribution in [0.15, 0.2) is 158 Å². The van der Waals surface area contributed by atoms with Crippen LogP contribution in [-0.2, 0) is 5.41 Å². The third kappa shape index (κ3) is 3.51. The normalized spacial score (nSPS) is 13.3. The average molecular weight is 566 g/mol. The molecule has 0 unspecified atom stereocenters. The van der Waals surface area contributed by atoms with Gasteiger partial charge in [-0.3, -0.25) is 0 Å². The van der Waals surface area contributed by atoms with Crippen molar-refractivity contribution in [2.24, 2.45) is 0 Å². The van der Waals surface area contributed by atoms with E-state index in [2.05, 4.69) is 163 Å². The summed E-state index contributed by atoms with van der Waals surface area (Å²) >= 11 is 1.88. The molecule has 1 nitrogen and oxygen atoms in total. The van der Waals surface area contributed by atoms with E-state index in [-0.39, 0.29) is 0 Å². The van der Waals surface area contributed by atoms with E-state index in [0.717, 1.165) is 11.4 Å². The fourth-order valence-corrected chi connectivity index (χ4v) is 8.61. The molecule has 0 saturated carbocycles. The van der Waals surface area contributed by atoms with Crippen LogP contribution in [0.3, 0.4) is 0 Å². The highest BCUT2D eigenvalue weighted by Crippen LogP contribution is 2.56. The van der Waals surface area contributed by atoms with Gasteiger partial charge in [0.25, 0.3) is 0 Å². The predicted octanol–water partition coefficient (Wildman–Crippen LogP) is 11.3. The van der Waals surface area contributed by atoms with E-state index >= 15 is 0 Å². The molecule has 0 amide bonds. The van der Waals surface area contributed by atoms with Crippen molar-refractivity contribution < 1.29 is 0 Å². The minimum atomic E-state index is -0.408. The minimum Gasteiger partial charge on any atom is -0.354 e. The molecule has 1 aliphatic carbocycles. The summed E-state index contributed by atoms with van der Waals surface area (Å²) in [5.74, 6) is 0. The number of hydrogen-bond acceptors (Lipinski definition) is 2. The number of hydrogen-bond donors (Lipinski definition) is 1. The first-order valence-electron chi connectivity index (χ1n) is 14.8. The summed E-state index contributed by atoms with van der Waals surface area (Å²) in [6, 6.07) is 57.7. The van der Waals surface area contributed by atoms with Gasteiger partial charge in [-0.25, -0.2) is 0 Å². The number of nitrogens with one attached hydrogen (secondary N) is 1. The first-order valence-corrected chi connectivity index (χ1v) is 15.6. The smallest absolute Gasteiger partial charge is 0.0714 e. The minimum absolute atomic E-state index is 0.408. The zero-order chi connectivity index (χ0) is 28.4. The van der Waals surface area contributed by atoms with Gasteiger partial charge in [0.15, 0.2) is 0 Å². The van der Waals surface area contributed by atoms with Gasteiger partial charge >= 0.3 is 0 Å². The van der Waals surface area contributed by atoms with Crippen LogP contribution in [-0.4, -0.2) is 0 Å². The van der Waals surface area contributed by atoms with Crippen molar-refractivity contribution in [2.75, 3.05) is 5.32 Å². The first-order chi connectivity index (χ1) is 21.3. The first kappa shape index (κ1) is 24.4. The highest BCUT2D eigenvalue weighted by atomic mass is 32.1. The Morgan fingerprint density at radius 2 is 1.09 bits per heavy atom. The molecule has 2 heteroatoms. The highest BCUT2D eigenvalue weighted by molar-refractivity contribution is 7.27. The Kier molecular flexibility index (Phi) is 5.35. The molecule has 1 N–H and O–H groups in total. The standard InChI is InChI=1S/C41H27NS/c1-3-13-28(14-4-1)41(29-15-5-2-6-16-29)36-20-10-9-18-32(36)33-25-23-30(26-37(33)41)42-38-21-11-19-34-35-24-22-27-12-7-8-17-31(27)39(35)43-40(34)38/h1-26,42H. The molecule has 1 aliphatic rings. The van der Waals surface area contributed by atoms with Gasteiger partial charge in [0.1, 0.15) is 0 Å². The van der Waals surface area contributed by atoms with Crippen LogP contribution in [0, 0.1) is 0 Å². The molecule has 7 aromatic carbocycles. The Hall–Kier alpha value is -5.18. The molecule has 8 aromatic rings. The maximum Gasteiger partial charge on any atom is 0.0714 e. The Bertz CT molecular complexity index is 2280. The zero-order valence-corrected chi connectivity index (χ0v) is 24.2. The fourth-order valence-electron chi connectivity index (χ4n) is 7.30. The molecule has 1 heterocycles. The van der Waals surface area contributed by atoms with Crippen LogP contribution in [0.25, 0.3) is 42.1 Å². The third-order valence-electron chi connectivity index (χ3n) is 9.13. The van der Waals surface area contributed by atoms with Crippen molar-refractivity contribution in [1.29, 1.82) is 0 Å². The van der Waals surface area contributed by atoms with Gasteiger partial charge in [-0.05, 0) is 62.4 Å². The quantitative estimate of drug-likeness (QED) is 0.224. The predicted molar refractivity (Wildman–Crippen MR) is 184 cm³/mol. The van der Waals surface area contributed by atoms with E-state index < -0.39 is 5.41 Å². The average Bonchev–Trinajstić information content (AvgIpc) is 3.60. The summed E-state index contributed by atoms with van der Waals surface area (Å²) in [5, 5.41) is 9.08. The molecule has 1 aromatic heterocycles. The number of rotatable bonds is 4.